The Balaban J connectivity index is 1.33. The second-order valence-corrected chi connectivity index (χ2v) is 8.02. The van der Waals surface area contributed by atoms with E-state index < -0.39 is 23.6 Å². The molecule has 2 saturated heterocycles. The van der Waals surface area contributed by atoms with Crippen LogP contribution in [-0.4, -0.2) is 53.9 Å². The zero-order valence-electron chi connectivity index (χ0n) is 16.2. The lowest BCUT2D eigenvalue weighted by Crippen LogP contribution is -2.59. The average Bonchev–Trinajstić information content (AvgIpc) is 3.31. The largest absolute Gasteiger partial charge is 0.507 e. The van der Waals surface area contributed by atoms with Gasteiger partial charge in [0.1, 0.15) is 17.5 Å². The van der Waals surface area contributed by atoms with E-state index in [9.17, 15) is 13.9 Å². The molecule has 0 aliphatic carbocycles. The highest BCUT2D eigenvalue weighted by Gasteiger charge is 2.51. The van der Waals surface area contributed by atoms with Crippen molar-refractivity contribution >= 4 is 0 Å². The predicted molar refractivity (Wildman–Crippen MR) is 102 cm³/mol. The summed E-state index contributed by atoms with van der Waals surface area (Å²) in [6.45, 7) is 1.87. The molecule has 0 spiro atoms. The van der Waals surface area contributed by atoms with Crippen LogP contribution in [0.2, 0.25) is 0 Å². The van der Waals surface area contributed by atoms with Crippen LogP contribution in [0.1, 0.15) is 26.2 Å². The number of phenolic OH excluding ortho intramolecular Hbond substituents is 1. The topological polar surface area (TPSA) is 98.0 Å². The lowest BCUT2D eigenvalue weighted by Gasteiger charge is -2.39. The van der Waals surface area contributed by atoms with Gasteiger partial charge in [0.15, 0.2) is 12.0 Å². The van der Waals surface area contributed by atoms with E-state index >= 15 is 0 Å². The van der Waals surface area contributed by atoms with E-state index in [1.54, 1.807) is 12.1 Å². The minimum atomic E-state index is -1.16. The molecule has 8 nitrogen and oxygen atoms in total. The molecule has 2 aliphatic heterocycles. The van der Waals surface area contributed by atoms with Gasteiger partial charge in [-0.3, -0.25) is 0 Å². The quantitative estimate of drug-likeness (QED) is 0.677. The number of hydrogen-bond acceptors (Lipinski definition) is 7. The molecular weight excluding hydrogens is 394 g/mol. The fourth-order valence-corrected chi connectivity index (χ4v) is 4.30. The van der Waals surface area contributed by atoms with E-state index in [2.05, 4.69) is 25.6 Å². The first-order valence-electron chi connectivity index (χ1n) is 9.73. The molecule has 1 aromatic carbocycles. The molecule has 2 aliphatic rings. The minimum Gasteiger partial charge on any atom is -0.507 e. The molecule has 2 fully saturated rings. The monoisotopic (exact) mass is 414 g/mol. The van der Waals surface area contributed by atoms with E-state index in [1.807, 2.05) is 6.92 Å². The molecular formula is C20H20F2N6O2. The second kappa shape index (κ2) is 6.98. The SMILES string of the molecule is C[C@@]12CCC(C[C@H](Oc3ncc(-c4ccc(-n5cc(F)cn5)cc4O)nn3)[C@@H]1F)N2. The number of aromatic nitrogens is 5. The van der Waals surface area contributed by atoms with Gasteiger partial charge >= 0.3 is 6.01 Å². The summed E-state index contributed by atoms with van der Waals surface area (Å²) < 4.78 is 35.0. The zero-order valence-corrected chi connectivity index (χ0v) is 16.2. The van der Waals surface area contributed by atoms with Gasteiger partial charge < -0.3 is 15.2 Å². The lowest BCUT2D eigenvalue weighted by molar-refractivity contribution is 0.00542. The van der Waals surface area contributed by atoms with Gasteiger partial charge in [-0.1, -0.05) is 5.10 Å². The van der Waals surface area contributed by atoms with Crippen molar-refractivity contribution in [1.29, 1.82) is 0 Å². The summed E-state index contributed by atoms with van der Waals surface area (Å²) in [7, 11) is 0. The van der Waals surface area contributed by atoms with Crippen molar-refractivity contribution in [2.75, 3.05) is 0 Å². The molecule has 4 atom stereocenters. The number of fused-ring (bicyclic) bond motifs is 2. The van der Waals surface area contributed by atoms with E-state index in [-0.39, 0.29) is 17.8 Å². The Hall–Kier alpha value is -3.14. The Morgan fingerprint density at radius 2 is 2.17 bits per heavy atom. The summed E-state index contributed by atoms with van der Waals surface area (Å²) in [6.07, 6.45) is 4.16. The third-order valence-corrected chi connectivity index (χ3v) is 5.87. The molecule has 2 bridgehead atoms. The molecule has 30 heavy (non-hydrogen) atoms. The maximum atomic E-state index is 14.9. The highest BCUT2D eigenvalue weighted by Crippen LogP contribution is 2.38. The standard InChI is InChI=1S/C20H20F2N6O2/c1-20-5-4-12(25-20)6-17(18(20)22)30-19-23-9-15(26-27-19)14-3-2-13(7-16(14)29)28-10-11(21)8-24-28/h2-3,7-10,12,17-18,25,29H,4-6H2,1H3/t12?,17-,18-,20+/m0/s1. The molecule has 0 saturated carbocycles. The molecule has 3 aromatic rings. The number of halogens is 2. The van der Waals surface area contributed by atoms with Crippen LogP contribution in [0.3, 0.4) is 0 Å². The Morgan fingerprint density at radius 1 is 1.30 bits per heavy atom. The maximum absolute atomic E-state index is 14.9. The van der Waals surface area contributed by atoms with Gasteiger partial charge in [0.2, 0.25) is 0 Å². The van der Waals surface area contributed by atoms with Gasteiger partial charge in [-0.2, -0.15) is 5.10 Å². The van der Waals surface area contributed by atoms with Crippen molar-refractivity contribution in [1.82, 2.24) is 30.3 Å². The predicted octanol–water partition coefficient (Wildman–Crippen LogP) is 2.57. The number of piperidine rings is 1. The van der Waals surface area contributed by atoms with Crippen molar-refractivity contribution < 1.29 is 18.6 Å². The van der Waals surface area contributed by atoms with E-state index in [4.69, 9.17) is 4.74 Å². The van der Waals surface area contributed by atoms with E-state index in [1.165, 1.54) is 23.1 Å². The Labute approximate surface area is 170 Å². The molecule has 1 unspecified atom stereocenters. The normalized spacial score (nSPS) is 27.9. The Morgan fingerprint density at radius 3 is 2.87 bits per heavy atom. The first kappa shape index (κ1) is 18.9. The first-order chi connectivity index (χ1) is 14.4. The van der Waals surface area contributed by atoms with Gasteiger partial charge in [-0.15, -0.1) is 5.10 Å². The van der Waals surface area contributed by atoms with Crippen LogP contribution in [0.25, 0.3) is 16.9 Å². The summed E-state index contributed by atoms with van der Waals surface area (Å²) in [5.41, 5.74) is 0.636. The fourth-order valence-electron chi connectivity index (χ4n) is 4.30. The maximum Gasteiger partial charge on any atom is 0.336 e. The smallest absolute Gasteiger partial charge is 0.336 e. The van der Waals surface area contributed by atoms with Gasteiger partial charge in [-0.25, -0.2) is 18.4 Å². The Kier molecular flexibility index (Phi) is 4.39. The molecule has 0 amide bonds. The summed E-state index contributed by atoms with van der Waals surface area (Å²) in [5.74, 6) is -0.560. The van der Waals surface area contributed by atoms with Crippen molar-refractivity contribution in [2.24, 2.45) is 0 Å². The molecule has 0 radical (unpaired) electrons. The number of rotatable bonds is 4. The van der Waals surface area contributed by atoms with Crippen molar-refractivity contribution in [3.63, 3.8) is 0 Å². The third-order valence-electron chi connectivity index (χ3n) is 5.87. The van der Waals surface area contributed by atoms with Gasteiger partial charge in [0.05, 0.1) is 29.8 Å². The van der Waals surface area contributed by atoms with Crippen LogP contribution in [-0.2, 0) is 0 Å². The number of benzene rings is 1. The number of ether oxygens (including phenoxy) is 1. The van der Waals surface area contributed by atoms with Crippen LogP contribution in [0.4, 0.5) is 8.78 Å². The van der Waals surface area contributed by atoms with E-state index in [0.717, 1.165) is 19.0 Å². The van der Waals surface area contributed by atoms with Crippen molar-refractivity contribution in [3.05, 3.63) is 42.6 Å². The third kappa shape index (κ3) is 3.26. The molecule has 10 heteroatoms. The number of aromatic hydroxyl groups is 1. The minimum absolute atomic E-state index is 0.000531. The summed E-state index contributed by atoms with van der Waals surface area (Å²) >= 11 is 0. The van der Waals surface area contributed by atoms with Crippen LogP contribution in [0.5, 0.6) is 11.8 Å². The van der Waals surface area contributed by atoms with Crippen LogP contribution in [0.15, 0.2) is 36.8 Å². The first-order valence-corrected chi connectivity index (χ1v) is 9.73. The molecule has 2 aromatic heterocycles. The average molecular weight is 414 g/mol. The summed E-state index contributed by atoms with van der Waals surface area (Å²) in [6, 6.07) is 4.94. The number of phenols is 1. The fraction of sp³-hybridized carbons (Fsp3) is 0.400. The van der Waals surface area contributed by atoms with Gasteiger partial charge in [0.25, 0.3) is 0 Å². The molecule has 4 heterocycles. The summed E-state index contributed by atoms with van der Waals surface area (Å²) in [5, 5.41) is 25.5. The molecule has 5 rings (SSSR count). The number of alkyl halides is 1. The van der Waals surface area contributed by atoms with Crippen molar-refractivity contribution in [2.45, 2.75) is 50.0 Å². The van der Waals surface area contributed by atoms with Crippen LogP contribution < -0.4 is 10.1 Å². The number of nitrogens with one attached hydrogen (secondary N) is 1. The molecule has 156 valence electrons. The number of hydrogen-bond donors (Lipinski definition) is 2. The number of nitrogens with zero attached hydrogens (tertiary/aromatic N) is 5. The summed E-state index contributed by atoms with van der Waals surface area (Å²) in [4.78, 5) is 4.14. The van der Waals surface area contributed by atoms with Crippen LogP contribution >= 0.6 is 0 Å². The van der Waals surface area contributed by atoms with E-state index in [0.29, 0.717) is 23.4 Å². The Bertz CT molecular complexity index is 1080. The van der Waals surface area contributed by atoms with Crippen LogP contribution in [0, 0.1) is 5.82 Å². The highest BCUT2D eigenvalue weighted by atomic mass is 19.1. The molecule has 2 N–H and O–H groups in total. The van der Waals surface area contributed by atoms with Gasteiger partial charge in [-0.05, 0) is 31.9 Å². The van der Waals surface area contributed by atoms with Crippen molar-refractivity contribution in [3.8, 4) is 28.7 Å². The lowest BCUT2D eigenvalue weighted by atomic mass is 9.88. The second-order valence-electron chi connectivity index (χ2n) is 8.02. The van der Waals surface area contributed by atoms with Gasteiger partial charge in [0, 0.05) is 24.1 Å². The highest BCUT2D eigenvalue weighted by molar-refractivity contribution is 5.67. The zero-order chi connectivity index (χ0) is 20.9.